The normalized spacial score (nSPS) is 21.1. The minimum atomic E-state index is -2.94. The van der Waals surface area contributed by atoms with Crippen LogP contribution in [0.15, 0.2) is 24.4 Å². The summed E-state index contributed by atoms with van der Waals surface area (Å²) >= 11 is 0. The van der Waals surface area contributed by atoms with Gasteiger partial charge in [-0.25, -0.2) is 8.42 Å². The van der Waals surface area contributed by atoms with E-state index in [1.165, 1.54) is 0 Å². The van der Waals surface area contributed by atoms with Gasteiger partial charge in [-0.15, -0.1) is 0 Å². The summed E-state index contributed by atoms with van der Waals surface area (Å²) in [6.45, 7) is 0. The van der Waals surface area contributed by atoms with Crippen LogP contribution in [0.2, 0.25) is 0 Å². The van der Waals surface area contributed by atoms with E-state index < -0.39 is 9.84 Å². The highest BCUT2D eigenvalue weighted by Gasteiger charge is 2.29. The lowest BCUT2D eigenvalue weighted by Gasteiger charge is -2.09. The van der Waals surface area contributed by atoms with E-state index in [4.69, 9.17) is 0 Å². The van der Waals surface area contributed by atoms with E-state index in [1.807, 2.05) is 12.1 Å². The average molecular weight is 293 g/mol. The van der Waals surface area contributed by atoms with Gasteiger partial charge in [0, 0.05) is 11.8 Å². The highest BCUT2D eigenvalue weighted by atomic mass is 32.2. The number of carbonyl (C=O) groups excluding carboxylic acids is 1. The van der Waals surface area contributed by atoms with Crippen molar-refractivity contribution >= 4 is 32.3 Å². The molecule has 2 aromatic rings. The monoisotopic (exact) mass is 293 g/mol. The van der Waals surface area contributed by atoms with Gasteiger partial charge in [0.25, 0.3) is 0 Å². The van der Waals surface area contributed by atoms with E-state index >= 15 is 0 Å². The van der Waals surface area contributed by atoms with Crippen molar-refractivity contribution in [2.45, 2.75) is 12.8 Å². The molecular formula is C13H15N3O3S. The molecule has 1 atom stereocenters. The summed E-state index contributed by atoms with van der Waals surface area (Å²) < 4.78 is 22.8. The molecule has 3 rings (SSSR count). The molecule has 1 fully saturated rings. The lowest BCUT2D eigenvalue weighted by Crippen LogP contribution is -2.17. The molecule has 0 aliphatic carbocycles. The summed E-state index contributed by atoms with van der Waals surface area (Å²) in [6, 6.07) is 5.54. The van der Waals surface area contributed by atoms with E-state index in [9.17, 15) is 13.2 Å². The first-order valence-corrected chi connectivity index (χ1v) is 8.28. The molecule has 20 heavy (non-hydrogen) atoms. The molecule has 1 saturated heterocycles. The number of nitrogens with one attached hydrogen (secondary N) is 2. The van der Waals surface area contributed by atoms with Crippen LogP contribution in [0.5, 0.6) is 0 Å². The van der Waals surface area contributed by atoms with Crippen LogP contribution < -0.4 is 5.32 Å². The summed E-state index contributed by atoms with van der Waals surface area (Å²) in [5, 5.41) is 10.5. The molecule has 1 aromatic carbocycles. The number of aromatic nitrogens is 2. The maximum atomic E-state index is 12.0. The molecule has 1 aromatic heterocycles. The first kappa shape index (κ1) is 13.1. The SMILES string of the molecule is O=C(CC1CCS(=O)(=O)C1)Nc1cccc2cn[nH]c12. The van der Waals surface area contributed by atoms with Crippen LogP contribution in [0.1, 0.15) is 12.8 Å². The van der Waals surface area contributed by atoms with Crippen LogP contribution in [0.25, 0.3) is 10.9 Å². The smallest absolute Gasteiger partial charge is 0.224 e. The molecule has 106 valence electrons. The molecule has 2 heterocycles. The number of benzene rings is 1. The van der Waals surface area contributed by atoms with Gasteiger partial charge in [0.2, 0.25) is 5.91 Å². The van der Waals surface area contributed by atoms with Crippen LogP contribution in [-0.4, -0.2) is 36.0 Å². The Bertz CT molecular complexity index is 751. The Labute approximate surface area is 116 Å². The number of H-pyrrole nitrogens is 1. The Morgan fingerprint density at radius 3 is 3.05 bits per heavy atom. The lowest BCUT2D eigenvalue weighted by molar-refractivity contribution is -0.116. The lowest BCUT2D eigenvalue weighted by atomic mass is 10.0. The molecule has 0 spiro atoms. The largest absolute Gasteiger partial charge is 0.324 e. The zero-order chi connectivity index (χ0) is 14.2. The second-order valence-corrected chi connectivity index (χ2v) is 7.39. The average Bonchev–Trinajstić information content (AvgIpc) is 2.96. The number of fused-ring (bicyclic) bond motifs is 1. The molecule has 1 unspecified atom stereocenters. The number of para-hydroxylation sites is 1. The topological polar surface area (TPSA) is 91.9 Å². The van der Waals surface area contributed by atoms with Gasteiger partial charge in [-0.3, -0.25) is 9.89 Å². The molecule has 1 aliphatic rings. The Kier molecular flexibility index (Phi) is 3.21. The fourth-order valence-corrected chi connectivity index (χ4v) is 4.43. The summed E-state index contributed by atoms with van der Waals surface area (Å²) in [6.07, 6.45) is 2.50. The van der Waals surface area contributed by atoms with Crippen LogP contribution in [0.4, 0.5) is 5.69 Å². The van der Waals surface area contributed by atoms with E-state index in [0.29, 0.717) is 12.1 Å². The van der Waals surface area contributed by atoms with Crippen molar-refractivity contribution in [1.82, 2.24) is 10.2 Å². The third kappa shape index (κ3) is 2.67. The number of amides is 1. The first-order chi connectivity index (χ1) is 9.53. The Hall–Kier alpha value is -1.89. The molecule has 1 amide bonds. The number of rotatable bonds is 3. The number of nitrogens with zero attached hydrogens (tertiary/aromatic N) is 1. The number of anilines is 1. The van der Waals surface area contributed by atoms with Crippen LogP contribution in [0.3, 0.4) is 0 Å². The van der Waals surface area contributed by atoms with Gasteiger partial charge in [-0.2, -0.15) is 5.10 Å². The van der Waals surface area contributed by atoms with Gasteiger partial charge in [0.15, 0.2) is 9.84 Å². The molecular weight excluding hydrogens is 278 g/mol. The maximum absolute atomic E-state index is 12.0. The highest BCUT2D eigenvalue weighted by molar-refractivity contribution is 7.91. The minimum Gasteiger partial charge on any atom is -0.324 e. The molecule has 0 bridgehead atoms. The highest BCUT2D eigenvalue weighted by Crippen LogP contribution is 2.24. The van der Waals surface area contributed by atoms with Crippen molar-refractivity contribution in [2.75, 3.05) is 16.8 Å². The molecule has 0 radical (unpaired) electrons. The van der Waals surface area contributed by atoms with Gasteiger partial charge in [0.05, 0.1) is 28.9 Å². The Balaban J connectivity index is 1.69. The number of hydrogen-bond acceptors (Lipinski definition) is 4. The number of hydrogen-bond donors (Lipinski definition) is 2. The second-order valence-electron chi connectivity index (χ2n) is 5.16. The fourth-order valence-electron chi connectivity index (χ4n) is 2.57. The van der Waals surface area contributed by atoms with Crippen molar-refractivity contribution in [2.24, 2.45) is 5.92 Å². The molecule has 6 nitrogen and oxygen atoms in total. The van der Waals surface area contributed by atoms with E-state index in [1.54, 1.807) is 12.3 Å². The van der Waals surface area contributed by atoms with Gasteiger partial charge in [0.1, 0.15) is 0 Å². The number of carbonyl (C=O) groups is 1. The quantitative estimate of drug-likeness (QED) is 0.893. The molecule has 0 saturated carbocycles. The van der Waals surface area contributed by atoms with Crippen molar-refractivity contribution in [3.05, 3.63) is 24.4 Å². The van der Waals surface area contributed by atoms with E-state index in [2.05, 4.69) is 15.5 Å². The third-order valence-electron chi connectivity index (χ3n) is 3.55. The van der Waals surface area contributed by atoms with Crippen LogP contribution in [0, 0.1) is 5.92 Å². The third-order valence-corrected chi connectivity index (χ3v) is 5.39. The predicted octanol–water partition coefficient (Wildman–Crippen LogP) is 1.33. The molecule has 1 aliphatic heterocycles. The standard InChI is InChI=1S/C13H15N3O3S/c17-12(6-9-4-5-20(18,19)8-9)15-11-3-1-2-10-7-14-16-13(10)11/h1-3,7,9H,4-6,8H2,(H,14,16)(H,15,17). The van der Waals surface area contributed by atoms with Gasteiger partial charge in [-0.1, -0.05) is 12.1 Å². The first-order valence-electron chi connectivity index (χ1n) is 6.46. The van der Waals surface area contributed by atoms with Crippen molar-refractivity contribution < 1.29 is 13.2 Å². The zero-order valence-electron chi connectivity index (χ0n) is 10.8. The summed E-state index contributed by atoms with van der Waals surface area (Å²) in [5.74, 6) is 0.0885. The van der Waals surface area contributed by atoms with Crippen LogP contribution >= 0.6 is 0 Å². The van der Waals surface area contributed by atoms with Crippen molar-refractivity contribution in [3.63, 3.8) is 0 Å². The number of aromatic amines is 1. The zero-order valence-corrected chi connectivity index (χ0v) is 11.6. The summed E-state index contributed by atoms with van der Waals surface area (Å²) in [7, 11) is -2.94. The van der Waals surface area contributed by atoms with Gasteiger partial charge >= 0.3 is 0 Å². The van der Waals surface area contributed by atoms with E-state index in [-0.39, 0.29) is 29.8 Å². The predicted molar refractivity (Wildman–Crippen MR) is 76.1 cm³/mol. The fraction of sp³-hybridized carbons (Fsp3) is 0.385. The van der Waals surface area contributed by atoms with Crippen LogP contribution in [-0.2, 0) is 14.6 Å². The summed E-state index contributed by atoms with van der Waals surface area (Å²) in [4.78, 5) is 12.0. The minimum absolute atomic E-state index is 0.0685. The molecule has 2 N–H and O–H groups in total. The Morgan fingerprint density at radius 1 is 1.45 bits per heavy atom. The second kappa shape index (κ2) is 4.90. The number of sulfone groups is 1. The van der Waals surface area contributed by atoms with E-state index in [0.717, 1.165) is 10.9 Å². The van der Waals surface area contributed by atoms with Crippen molar-refractivity contribution in [3.8, 4) is 0 Å². The maximum Gasteiger partial charge on any atom is 0.224 e. The molecule has 7 heteroatoms. The Morgan fingerprint density at radius 2 is 2.30 bits per heavy atom. The van der Waals surface area contributed by atoms with Gasteiger partial charge in [-0.05, 0) is 18.4 Å². The van der Waals surface area contributed by atoms with Gasteiger partial charge < -0.3 is 5.32 Å². The van der Waals surface area contributed by atoms with Crippen molar-refractivity contribution in [1.29, 1.82) is 0 Å². The summed E-state index contributed by atoms with van der Waals surface area (Å²) in [5.41, 5.74) is 1.45.